The molecular formula is C14H13ClFNO. The topological polar surface area (TPSA) is 46.2 Å². The Morgan fingerprint density at radius 1 is 1.17 bits per heavy atom. The van der Waals surface area contributed by atoms with Gasteiger partial charge in [-0.05, 0) is 17.7 Å². The summed E-state index contributed by atoms with van der Waals surface area (Å²) in [6.07, 6.45) is 0. The van der Waals surface area contributed by atoms with Crippen LogP contribution >= 0.6 is 11.6 Å². The Labute approximate surface area is 110 Å². The Balaban J connectivity index is 2.57. The van der Waals surface area contributed by atoms with Crippen molar-refractivity contribution in [2.24, 2.45) is 5.73 Å². The molecule has 2 aromatic carbocycles. The number of hydrogen-bond acceptors (Lipinski definition) is 2. The van der Waals surface area contributed by atoms with E-state index in [1.807, 2.05) is 6.07 Å². The maximum absolute atomic E-state index is 13.9. The summed E-state index contributed by atoms with van der Waals surface area (Å²) < 4.78 is 13.9. The molecule has 0 fully saturated rings. The van der Waals surface area contributed by atoms with E-state index >= 15 is 0 Å². The van der Waals surface area contributed by atoms with Crippen LogP contribution in [0.25, 0.3) is 0 Å². The fourth-order valence-corrected chi connectivity index (χ4v) is 2.08. The summed E-state index contributed by atoms with van der Waals surface area (Å²) >= 11 is 5.70. The summed E-state index contributed by atoms with van der Waals surface area (Å²) in [5.74, 6) is -0.570. The third kappa shape index (κ3) is 2.25. The van der Waals surface area contributed by atoms with Crippen LogP contribution in [0.2, 0.25) is 5.02 Å². The quantitative estimate of drug-likeness (QED) is 0.896. The standard InChI is InChI=1S/C14H13ClFNO/c15-11-6-7-12(13(16)8-11)14(18,9-17)10-4-2-1-3-5-10/h1-8,18H,9,17H2. The van der Waals surface area contributed by atoms with Gasteiger partial charge >= 0.3 is 0 Å². The fourth-order valence-electron chi connectivity index (χ4n) is 1.92. The van der Waals surface area contributed by atoms with Gasteiger partial charge in [-0.3, -0.25) is 0 Å². The summed E-state index contributed by atoms with van der Waals surface area (Å²) in [5.41, 5.74) is 4.76. The third-order valence-corrected chi connectivity index (χ3v) is 3.16. The third-order valence-electron chi connectivity index (χ3n) is 2.92. The number of benzene rings is 2. The molecule has 0 aromatic heterocycles. The van der Waals surface area contributed by atoms with Crippen molar-refractivity contribution in [3.63, 3.8) is 0 Å². The number of hydrogen-bond donors (Lipinski definition) is 2. The molecule has 2 rings (SSSR count). The molecule has 0 spiro atoms. The lowest BCUT2D eigenvalue weighted by Gasteiger charge is -2.28. The summed E-state index contributed by atoms with van der Waals surface area (Å²) in [6, 6.07) is 12.9. The molecule has 2 aromatic rings. The highest BCUT2D eigenvalue weighted by Gasteiger charge is 2.32. The average molecular weight is 266 g/mol. The number of aliphatic hydroxyl groups is 1. The van der Waals surface area contributed by atoms with Gasteiger partial charge < -0.3 is 10.8 Å². The second-order valence-corrected chi connectivity index (χ2v) is 4.49. The zero-order valence-corrected chi connectivity index (χ0v) is 10.4. The minimum absolute atomic E-state index is 0.116. The average Bonchev–Trinajstić information content (AvgIpc) is 2.39. The van der Waals surface area contributed by atoms with Crippen LogP contribution in [-0.4, -0.2) is 11.7 Å². The Bertz CT molecular complexity index is 547. The SMILES string of the molecule is NCC(O)(c1ccccc1)c1ccc(Cl)cc1F. The zero-order valence-electron chi connectivity index (χ0n) is 9.61. The maximum Gasteiger partial charge on any atom is 0.131 e. The van der Waals surface area contributed by atoms with E-state index in [2.05, 4.69) is 0 Å². The van der Waals surface area contributed by atoms with Crippen molar-refractivity contribution in [1.82, 2.24) is 0 Å². The molecule has 0 radical (unpaired) electrons. The van der Waals surface area contributed by atoms with Gasteiger partial charge in [0.1, 0.15) is 11.4 Å². The lowest BCUT2D eigenvalue weighted by Crippen LogP contribution is -2.37. The van der Waals surface area contributed by atoms with Gasteiger partial charge in [0.2, 0.25) is 0 Å². The van der Waals surface area contributed by atoms with Crippen LogP contribution < -0.4 is 5.73 Å². The molecule has 4 heteroatoms. The number of halogens is 2. The Morgan fingerprint density at radius 2 is 1.83 bits per heavy atom. The van der Waals surface area contributed by atoms with E-state index in [9.17, 15) is 9.50 Å². The van der Waals surface area contributed by atoms with Crippen molar-refractivity contribution in [2.75, 3.05) is 6.54 Å². The molecule has 3 N–H and O–H groups in total. The zero-order chi connectivity index (χ0) is 13.2. The first-order valence-electron chi connectivity index (χ1n) is 5.51. The molecule has 2 nitrogen and oxygen atoms in total. The molecule has 0 aliphatic heterocycles. The molecule has 0 aliphatic rings. The monoisotopic (exact) mass is 265 g/mol. The van der Waals surface area contributed by atoms with Crippen molar-refractivity contribution >= 4 is 11.6 Å². The van der Waals surface area contributed by atoms with Gasteiger partial charge in [0.05, 0.1) is 0 Å². The lowest BCUT2D eigenvalue weighted by molar-refractivity contribution is 0.0861. The Kier molecular flexibility index (Phi) is 3.66. The Hall–Kier alpha value is -1.42. The van der Waals surface area contributed by atoms with Crippen LogP contribution in [-0.2, 0) is 5.60 Å². The van der Waals surface area contributed by atoms with Gasteiger partial charge in [0, 0.05) is 17.1 Å². The van der Waals surface area contributed by atoms with Crippen LogP contribution in [0.4, 0.5) is 4.39 Å². The minimum Gasteiger partial charge on any atom is -0.379 e. The normalized spacial score (nSPS) is 14.2. The van der Waals surface area contributed by atoms with Crippen molar-refractivity contribution < 1.29 is 9.50 Å². The van der Waals surface area contributed by atoms with Crippen molar-refractivity contribution in [3.05, 3.63) is 70.5 Å². The van der Waals surface area contributed by atoms with Crippen LogP contribution in [0.1, 0.15) is 11.1 Å². The first-order chi connectivity index (χ1) is 8.58. The second-order valence-electron chi connectivity index (χ2n) is 4.05. The molecule has 1 atom stereocenters. The molecule has 0 saturated heterocycles. The molecular weight excluding hydrogens is 253 g/mol. The molecule has 0 aliphatic carbocycles. The first kappa shape index (κ1) is 13.0. The minimum atomic E-state index is -1.55. The Morgan fingerprint density at radius 3 is 2.39 bits per heavy atom. The van der Waals surface area contributed by atoms with E-state index in [0.29, 0.717) is 5.56 Å². The fraction of sp³-hybridized carbons (Fsp3) is 0.143. The largest absolute Gasteiger partial charge is 0.379 e. The van der Waals surface area contributed by atoms with Gasteiger partial charge in [-0.25, -0.2) is 4.39 Å². The molecule has 18 heavy (non-hydrogen) atoms. The highest BCUT2D eigenvalue weighted by molar-refractivity contribution is 6.30. The van der Waals surface area contributed by atoms with Crippen molar-refractivity contribution in [3.8, 4) is 0 Å². The lowest BCUT2D eigenvalue weighted by atomic mass is 9.86. The van der Waals surface area contributed by atoms with Crippen LogP contribution in [0.3, 0.4) is 0 Å². The van der Waals surface area contributed by atoms with Gasteiger partial charge in [0.25, 0.3) is 0 Å². The molecule has 1 unspecified atom stereocenters. The van der Waals surface area contributed by atoms with Crippen LogP contribution in [0.5, 0.6) is 0 Å². The predicted molar refractivity (Wildman–Crippen MR) is 69.9 cm³/mol. The van der Waals surface area contributed by atoms with Gasteiger partial charge in [-0.2, -0.15) is 0 Å². The van der Waals surface area contributed by atoms with Crippen LogP contribution in [0, 0.1) is 5.82 Å². The molecule has 0 saturated carbocycles. The highest BCUT2D eigenvalue weighted by atomic mass is 35.5. The predicted octanol–water partition coefficient (Wildman–Crippen LogP) is 2.67. The van der Waals surface area contributed by atoms with Crippen molar-refractivity contribution in [1.29, 1.82) is 0 Å². The maximum atomic E-state index is 13.9. The van der Waals surface area contributed by atoms with E-state index < -0.39 is 11.4 Å². The van der Waals surface area contributed by atoms with E-state index in [1.165, 1.54) is 18.2 Å². The first-order valence-corrected chi connectivity index (χ1v) is 5.89. The van der Waals surface area contributed by atoms with Gasteiger partial charge in [-0.15, -0.1) is 0 Å². The van der Waals surface area contributed by atoms with E-state index in [1.54, 1.807) is 24.3 Å². The second kappa shape index (κ2) is 5.06. The number of nitrogens with two attached hydrogens (primary N) is 1. The summed E-state index contributed by atoms with van der Waals surface area (Å²) in [5, 5.41) is 10.9. The van der Waals surface area contributed by atoms with Gasteiger partial charge in [-0.1, -0.05) is 48.0 Å². The number of rotatable bonds is 3. The summed E-state index contributed by atoms with van der Waals surface area (Å²) in [4.78, 5) is 0. The van der Waals surface area contributed by atoms with E-state index in [4.69, 9.17) is 17.3 Å². The van der Waals surface area contributed by atoms with E-state index in [-0.39, 0.29) is 17.1 Å². The summed E-state index contributed by atoms with van der Waals surface area (Å²) in [6.45, 7) is -0.116. The van der Waals surface area contributed by atoms with Crippen molar-refractivity contribution in [2.45, 2.75) is 5.60 Å². The molecule has 94 valence electrons. The molecule has 0 bridgehead atoms. The summed E-state index contributed by atoms with van der Waals surface area (Å²) in [7, 11) is 0. The molecule has 0 amide bonds. The van der Waals surface area contributed by atoms with Crippen LogP contribution in [0.15, 0.2) is 48.5 Å². The molecule has 0 heterocycles. The highest BCUT2D eigenvalue weighted by Crippen LogP contribution is 2.31. The van der Waals surface area contributed by atoms with E-state index in [0.717, 1.165) is 0 Å². The smallest absolute Gasteiger partial charge is 0.131 e. The van der Waals surface area contributed by atoms with Gasteiger partial charge in [0.15, 0.2) is 0 Å².